The number of carbonyl (C=O) groups excluding carboxylic acids is 1. The minimum Gasteiger partial charge on any atom is -0.480 e. The zero-order valence-electron chi connectivity index (χ0n) is 10.1. The molecule has 1 amide bonds. The molecule has 1 saturated heterocycles. The summed E-state index contributed by atoms with van der Waals surface area (Å²) in [6.07, 6.45) is 3.39. The Morgan fingerprint density at radius 1 is 1.67 bits per heavy atom. The molecule has 1 aromatic rings. The van der Waals surface area contributed by atoms with Crippen molar-refractivity contribution in [2.75, 3.05) is 25.1 Å². The highest BCUT2D eigenvalue weighted by Crippen LogP contribution is 2.26. The van der Waals surface area contributed by atoms with Gasteiger partial charge in [-0.1, -0.05) is 0 Å². The van der Waals surface area contributed by atoms with E-state index in [9.17, 15) is 4.79 Å². The molecule has 0 aromatic carbocycles. The largest absolute Gasteiger partial charge is 0.480 e. The van der Waals surface area contributed by atoms with Crippen molar-refractivity contribution in [2.24, 2.45) is 11.7 Å². The number of carbonyl (C=O) groups is 1. The van der Waals surface area contributed by atoms with Gasteiger partial charge in [0.2, 0.25) is 17.7 Å². The number of aromatic nitrogens is 2. The summed E-state index contributed by atoms with van der Waals surface area (Å²) in [6, 6.07) is 0. The predicted octanol–water partition coefficient (Wildman–Crippen LogP) is 0.949. The Bertz CT molecular complexity index is 455. The molecule has 1 atom stereocenters. The topological polar surface area (TPSA) is 81.3 Å². The van der Waals surface area contributed by atoms with Crippen LogP contribution >= 0.6 is 15.9 Å². The van der Waals surface area contributed by atoms with Gasteiger partial charge in [0.25, 0.3) is 0 Å². The van der Waals surface area contributed by atoms with E-state index in [2.05, 4.69) is 25.9 Å². The third-order valence-electron chi connectivity index (χ3n) is 3.00. The van der Waals surface area contributed by atoms with E-state index in [1.807, 2.05) is 4.90 Å². The molecular formula is C11H15BrN4O2. The third kappa shape index (κ3) is 2.72. The Labute approximate surface area is 114 Å². The van der Waals surface area contributed by atoms with Crippen LogP contribution in [0.25, 0.3) is 0 Å². The van der Waals surface area contributed by atoms with Crippen LogP contribution in [0.3, 0.4) is 0 Å². The van der Waals surface area contributed by atoms with Crippen LogP contribution in [0.4, 0.5) is 5.95 Å². The molecule has 98 valence electrons. The van der Waals surface area contributed by atoms with Crippen molar-refractivity contribution in [2.45, 2.75) is 12.8 Å². The number of piperidine rings is 1. The number of nitrogens with zero attached hydrogens (tertiary/aromatic N) is 3. The molecule has 2 rings (SSSR count). The summed E-state index contributed by atoms with van der Waals surface area (Å²) < 4.78 is 5.84. The van der Waals surface area contributed by atoms with Crippen LogP contribution in [0.5, 0.6) is 5.88 Å². The van der Waals surface area contributed by atoms with Crippen molar-refractivity contribution in [3.8, 4) is 5.88 Å². The standard InChI is InChI=1S/C11H15BrN4O2/c1-18-10-8(12)5-14-11(15-10)16-4-2-3-7(6-16)9(13)17/h5,7H,2-4,6H2,1H3,(H2,13,17). The van der Waals surface area contributed by atoms with Gasteiger partial charge < -0.3 is 15.4 Å². The van der Waals surface area contributed by atoms with E-state index in [0.29, 0.717) is 22.8 Å². The Balaban J connectivity index is 2.18. The molecule has 0 aliphatic carbocycles. The van der Waals surface area contributed by atoms with Gasteiger partial charge in [-0.3, -0.25) is 4.79 Å². The zero-order valence-corrected chi connectivity index (χ0v) is 11.7. The number of amides is 1. The maximum atomic E-state index is 11.2. The summed E-state index contributed by atoms with van der Waals surface area (Å²) in [5.74, 6) is 0.669. The molecule has 0 bridgehead atoms. The van der Waals surface area contributed by atoms with Crippen molar-refractivity contribution < 1.29 is 9.53 Å². The lowest BCUT2D eigenvalue weighted by molar-refractivity contribution is -0.122. The van der Waals surface area contributed by atoms with Gasteiger partial charge in [-0.05, 0) is 28.8 Å². The molecule has 1 aliphatic rings. The fourth-order valence-corrected chi connectivity index (χ4v) is 2.38. The minimum atomic E-state index is -0.260. The van der Waals surface area contributed by atoms with Crippen molar-refractivity contribution in [3.63, 3.8) is 0 Å². The molecule has 7 heteroatoms. The first-order chi connectivity index (χ1) is 8.61. The van der Waals surface area contributed by atoms with Gasteiger partial charge in [0.05, 0.1) is 23.7 Å². The number of methoxy groups -OCH3 is 1. The summed E-state index contributed by atoms with van der Waals surface area (Å²) >= 11 is 3.31. The van der Waals surface area contributed by atoms with E-state index >= 15 is 0 Å². The Hall–Kier alpha value is -1.37. The second-order valence-electron chi connectivity index (χ2n) is 4.21. The molecule has 0 radical (unpaired) electrons. The smallest absolute Gasteiger partial charge is 0.232 e. The maximum Gasteiger partial charge on any atom is 0.232 e. The Morgan fingerprint density at radius 2 is 2.44 bits per heavy atom. The maximum absolute atomic E-state index is 11.2. The SMILES string of the molecule is COc1nc(N2CCCC(C(N)=O)C2)ncc1Br. The minimum absolute atomic E-state index is 0.128. The number of halogens is 1. The van der Waals surface area contributed by atoms with Gasteiger partial charge in [0.1, 0.15) is 0 Å². The number of hydrogen-bond donors (Lipinski definition) is 1. The third-order valence-corrected chi connectivity index (χ3v) is 3.54. The first-order valence-corrected chi connectivity index (χ1v) is 6.52. The fraction of sp³-hybridized carbons (Fsp3) is 0.545. The molecule has 1 aliphatic heterocycles. The molecule has 2 N–H and O–H groups in total. The van der Waals surface area contributed by atoms with Gasteiger partial charge in [-0.2, -0.15) is 4.98 Å². The second-order valence-corrected chi connectivity index (χ2v) is 5.07. The lowest BCUT2D eigenvalue weighted by atomic mass is 9.98. The Kier molecular flexibility index (Phi) is 4.00. The molecule has 1 aromatic heterocycles. The van der Waals surface area contributed by atoms with Gasteiger partial charge in [0.15, 0.2) is 0 Å². The van der Waals surface area contributed by atoms with E-state index in [1.165, 1.54) is 0 Å². The predicted molar refractivity (Wildman–Crippen MR) is 70.4 cm³/mol. The first-order valence-electron chi connectivity index (χ1n) is 5.72. The van der Waals surface area contributed by atoms with Gasteiger partial charge in [-0.15, -0.1) is 0 Å². The number of anilines is 1. The summed E-state index contributed by atoms with van der Waals surface area (Å²) in [6.45, 7) is 1.40. The van der Waals surface area contributed by atoms with Crippen LogP contribution in [0.1, 0.15) is 12.8 Å². The molecule has 1 unspecified atom stereocenters. The summed E-state index contributed by atoms with van der Waals surface area (Å²) in [4.78, 5) is 21.7. The van der Waals surface area contributed by atoms with E-state index in [-0.39, 0.29) is 11.8 Å². The quantitative estimate of drug-likeness (QED) is 0.898. The number of primary amides is 1. The lowest BCUT2D eigenvalue weighted by Crippen LogP contribution is -2.41. The summed E-state index contributed by atoms with van der Waals surface area (Å²) in [5.41, 5.74) is 5.35. The average molecular weight is 315 g/mol. The normalized spacial score (nSPS) is 19.7. The van der Waals surface area contributed by atoms with Crippen LogP contribution in [0, 0.1) is 5.92 Å². The van der Waals surface area contributed by atoms with E-state index in [0.717, 1.165) is 19.4 Å². The molecule has 0 saturated carbocycles. The average Bonchev–Trinajstić information content (AvgIpc) is 2.39. The number of nitrogens with two attached hydrogens (primary N) is 1. The van der Waals surface area contributed by atoms with Crippen LogP contribution in [-0.2, 0) is 4.79 Å². The van der Waals surface area contributed by atoms with Crippen molar-refractivity contribution >= 4 is 27.8 Å². The number of ether oxygens (including phenoxy) is 1. The van der Waals surface area contributed by atoms with Crippen LogP contribution < -0.4 is 15.4 Å². The van der Waals surface area contributed by atoms with Gasteiger partial charge in [-0.25, -0.2) is 4.98 Å². The Morgan fingerprint density at radius 3 is 3.11 bits per heavy atom. The van der Waals surface area contributed by atoms with E-state index < -0.39 is 0 Å². The first kappa shape index (κ1) is 13.1. The monoisotopic (exact) mass is 314 g/mol. The van der Waals surface area contributed by atoms with Crippen LogP contribution in [0.15, 0.2) is 10.7 Å². The van der Waals surface area contributed by atoms with Crippen LogP contribution in [-0.4, -0.2) is 36.1 Å². The van der Waals surface area contributed by atoms with Crippen LogP contribution in [0.2, 0.25) is 0 Å². The molecular weight excluding hydrogens is 300 g/mol. The van der Waals surface area contributed by atoms with Crippen molar-refractivity contribution in [3.05, 3.63) is 10.7 Å². The summed E-state index contributed by atoms with van der Waals surface area (Å²) in [7, 11) is 1.55. The molecule has 18 heavy (non-hydrogen) atoms. The highest BCUT2D eigenvalue weighted by atomic mass is 79.9. The lowest BCUT2D eigenvalue weighted by Gasteiger charge is -2.31. The second kappa shape index (κ2) is 5.51. The molecule has 0 spiro atoms. The van der Waals surface area contributed by atoms with E-state index in [4.69, 9.17) is 10.5 Å². The summed E-state index contributed by atoms with van der Waals surface area (Å²) in [5, 5.41) is 0. The fourth-order valence-electron chi connectivity index (χ4n) is 2.03. The zero-order chi connectivity index (χ0) is 13.1. The van der Waals surface area contributed by atoms with Crippen molar-refractivity contribution in [1.29, 1.82) is 0 Å². The van der Waals surface area contributed by atoms with Gasteiger partial charge in [0, 0.05) is 13.1 Å². The van der Waals surface area contributed by atoms with Gasteiger partial charge >= 0.3 is 0 Å². The molecule has 2 heterocycles. The number of rotatable bonds is 3. The highest BCUT2D eigenvalue weighted by molar-refractivity contribution is 9.10. The van der Waals surface area contributed by atoms with E-state index in [1.54, 1.807) is 13.3 Å². The highest BCUT2D eigenvalue weighted by Gasteiger charge is 2.25. The molecule has 1 fully saturated rings. The number of hydrogen-bond acceptors (Lipinski definition) is 5. The molecule has 6 nitrogen and oxygen atoms in total. The van der Waals surface area contributed by atoms with Crippen molar-refractivity contribution in [1.82, 2.24) is 9.97 Å².